The Morgan fingerprint density at radius 2 is 1.62 bits per heavy atom. The number of hydrogen-bond acceptors (Lipinski definition) is 4. The fourth-order valence-corrected chi connectivity index (χ4v) is 6.73. The van der Waals surface area contributed by atoms with Crippen molar-refractivity contribution in [1.29, 1.82) is 0 Å². The van der Waals surface area contributed by atoms with Gasteiger partial charge in [0.05, 0.1) is 10.1 Å². The second-order valence-electron chi connectivity index (χ2n) is 9.20. The van der Waals surface area contributed by atoms with Gasteiger partial charge in [0.2, 0.25) is 5.91 Å². The van der Waals surface area contributed by atoms with Gasteiger partial charge in [0, 0.05) is 29.3 Å². The number of carbonyl (C=O) groups excluding carboxylic acids is 1. The van der Waals surface area contributed by atoms with E-state index in [0.29, 0.717) is 29.3 Å². The molecule has 0 unspecified atom stereocenters. The van der Waals surface area contributed by atoms with Crippen molar-refractivity contribution in [3.8, 4) is 0 Å². The summed E-state index contributed by atoms with van der Waals surface area (Å²) >= 11 is 0. The highest BCUT2D eigenvalue weighted by Gasteiger charge is 2.30. The lowest BCUT2D eigenvalue weighted by Crippen LogP contribution is -2.23. The second-order valence-corrected chi connectivity index (χ2v) is 11.4. The molecule has 5 rings (SSSR count). The Kier molecular flexibility index (Phi) is 5.53. The van der Waals surface area contributed by atoms with E-state index in [1.165, 1.54) is 0 Å². The number of hydrogen-bond donors (Lipinski definition) is 2. The maximum Gasteiger partial charge on any atom is 0.251 e. The van der Waals surface area contributed by atoms with Gasteiger partial charge in [0.1, 0.15) is 0 Å². The second kappa shape index (κ2) is 8.35. The van der Waals surface area contributed by atoms with Crippen molar-refractivity contribution in [2.24, 2.45) is 0 Å². The van der Waals surface area contributed by atoms with E-state index in [4.69, 9.17) is 0 Å². The lowest BCUT2D eigenvalue weighted by Gasteiger charge is -2.15. The quantitative estimate of drug-likeness (QED) is 0.699. The smallest absolute Gasteiger partial charge is 0.251 e. The van der Waals surface area contributed by atoms with Gasteiger partial charge in [-0.3, -0.25) is 9.59 Å². The molecule has 3 aliphatic rings. The van der Waals surface area contributed by atoms with Gasteiger partial charge in [-0.05, 0) is 61.8 Å². The molecule has 32 heavy (non-hydrogen) atoms. The number of H-pyrrole nitrogens is 1. The summed E-state index contributed by atoms with van der Waals surface area (Å²) in [6.07, 6.45) is 8.62. The van der Waals surface area contributed by atoms with E-state index < -0.39 is 9.84 Å². The van der Waals surface area contributed by atoms with E-state index >= 15 is 0 Å². The number of amides is 1. The standard InChI is InChI=1S/C25H28N2O4S/c28-24-14-9-18(26-24)15-22(23-13-12-21(16-5-6-16)25(29)27-23)17-7-10-20(11-8-17)32(30,31)19-3-1-2-4-19/h7-8,10-13,15-16,18-19H,1-6,9,14H2,(H,26,28)(H,27,29)/t18-/m1/s1. The Labute approximate surface area is 188 Å². The Hall–Kier alpha value is -2.67. The highest BCUT2D eigenvalue weighted by atomic mass is 32.2. The number of carbonyl (C=O) groups is 1. The average Bonchev–Trinajstić information content (AvgIpc) is 3.29. The van der Waals surface area contributed by atoms with E-state index in [2.05, 4.69) is 10.3 Å². The average molecular weight is 453 g/mol. The van der Waals surface area contributed by atoms with Crippen LogP contribution in [0, 0.1) is 0 Å². The fraction of sp³-hybridized carbons (Fsp3) is 0.440. The first kappa shape index (κ1) is 21.2. The van der Waals surface area contributed by atoms with Crippen LogP contribution in [0.25, 0.3) is 5.57 Å². The topological polar surface area (TPSA) is 96.1 Å². The number of sulfone groups is 1. The highest BCUT2D eigenvalue weighted by Crippen LogP contribution is 2.38. The van der Waals surface area contributed by atoms with Crippen LogP contribution in [0.4, 0.5) is 0 Å². The van der Waals surface area contributed by atoms with E-state index in [9.17, 15) is 18.0 Å². The molecule has 0 radical (unpaired) electrons. The molecule has 2 N–H and O–H groups in total. The molecule has 3 fully saturated rings. The highest BCUT2D eigenvalue weighted by molar-refractivity contribution is 7.92. The molecule has 6 nitrogen and oxygen atoms in total. The molecule has 1 aliphatic heterocycles. The van der Waals surface area contributed by atoms with Crippen molar-refractivity contribution in [2.75, 3.05) is 0 Å². The lowest BCUT2D eigenvalue weighted by atomic mass is 9.98. The molecule has 1 amide bonds. The van der Waals surface area contributed by atoms with Crippen LogP contribution in [-0.2, 0) is 14.6 Å². The summed E-state index contributed by atoms with van der Waals surface area (Å²) < 4.78 is 25.9. The zero-order valence-electron chi connectivity index (χ0n) is 18.0. The van der Waals surface area contributed by atoms with Crippen LogP contribution < -0.4 is 10.9 Å². The van der Waals surface area contributed by atoms with Gasteiger partial charge in [0.15, 0.2) is 9.84 Å². The Morgan fingerprint density at radius 3 is 2.22 bits per heavy atom. The van der Waals surface area contributed by atoms with E-state index in [-0.39, 0.29) is 22.8 Å². The maximum atomic E-state index is 12.9. The van der Waals surface area contributed by atoms with Crippen LogP contribution in [0.15, 0.2) is 52.2 Å². The molecule has 2 aliphatic carbocycles. The van der Waals surface area contributed by atoms with Crippen molar-refractivity contribution in [1.82, 2.24) is 10.3 Å². The molecule has 168 valence electrons. The molecule has 2 saturated carbocycles. The summed E-state index contributed by atoms with van der Waals surface area (Å²) in [4.78, 5) is 27.7. The third-order valence-electron chi connectivity index (χ3n) is 6.88. The van der Waals surface area contributed by atoms with Gasteiger partial charge >= 0.3 is 0 Å². The number of aromatic nitrogens is 1. The largest absolute Gasteiger partial charge is 0.350 e. The Balaban J connectivity index is 1.50. The first-order valence-corrected chi connectivity index (χ1v) is 13.1. The monoisotopic (exact) mass is 452 g/mol. The van der Waals surface area contributed by atoms with Crippen LogP contribution in [0.5, 0.6) is 0 Å². The van der Waals surface area contributed by atoms with Gasteiger partial charge in [0.25, 0.3) is 5.56 Å². The van der Waals surface area contributed by atoms with Crippen LogP contribution in [-0.4, -0.2) is 30.6 Å². The fourth-order valence-electron chi connectivity index (χ4n) is 4.88. The molecule has 1 saturated heterocycles. The van der Waals surface area contributed by atoms with Gasteiger partial charge in [-0.25, -0.2) is 8.42 Å². The zero-order chi connectivity index (χ0) is 22.3. The molecular weight excluding hydrogens is 424 g/mol. The summed E-state index contributed by atoms with van der Waals surface area (Å²) in [5, 5.41) is 2.66. The summed E-state index contributed by atoms with van der Waals surface area (Å²) in [7, 11) is -3.32. The molecule has 1 atom stereocenters. The Morgan fingerprint density at radius 1 is 0.906 bits per heavy atom. The SMILES string of the molecule is O=C1CC[C@H](C=C(c2ccc(S(=O)(=O)C3CCCC3)cc2)c2ccc(C3CC3)c(=O)[nH]2)N1. The van der Waals surface area contributed by atoms with Crippen LogP contribution in [0.3, 0.4) is 0 Å². The number of nitrogens with one attached hydrogen (secondary N) is 2. The van der Waals surface area contributed by atoms with Gasteiger partial charge < -0.3 is 10.3 Å². The summed E-state index contributed by atoms with van der Waals surface area (Å²) in [5.41, 5.74) is 3.02. The number of pyridine rings is 1. The third-order valence-corrected chi connectivity index (χ3v) is 9.16. The van der Waals surface area contributed by atoms with Crippen molar-refractivity contribution in [2.45, 2.75) is 73.5 Å². The lowest BCUT2D eigenvalue weighted by molar-refractivity contribution is -0.119. The maximum absolute atomic E-state index is 12.9. The molecule has 1 aromatic heterocycles. The zero-order valence-corrected chi connectivity index (χ0v) is 18.8. The molecule has 2 aromatic rings. The first-order valence-electron chi connectivity index (χ1n) is 11.5. The van der Waals surface area contributed by atoms with Gasteiger partial charge in [-0.1, -0.05) is 37.1 Å². The molecule has 0 bridgehead atoms. The predicted octanol–water partition coefficient (Wildman–Crippen LogP) is 3.68. The van der Waals surface area contributed by atoms with Gasteiger partial charge in [-0.2, -0.15) is 0 Å². The van der Waals surface area contributed by atoms with Crippen molar-refractivity contribution in [3.63, 3.8) is 0 Å². The summed E-state index contributed by atoms with van der Waals surface area (Å²) in [5.74, 6) is 0.371. The molecule has 0 spiro atoms. The van der Waals surface area contributed by atoms with E-state index in [1.54, 1.807) is 24.3 Å². The number of rotatable bonds is 6. The summed E-state index contributed by atoms with van der Waals surface area (Å²) in [6, 6.07) is 10.6. The number of aromatic amines is 1. The van der Waals surface area contributed by atoms with Crippen LogP contribution >= 0.6 is 0 Å². The normalized spacial score (nSPS) is 22.3. The molecule has 7 heteroatoms. The number of benzene rings is 1. The minimum absolute atomic E-state index is 0.0150. The minimum atomic E-state index is -3.32. The van der Waals surface area contributed by atoms with Crippen molar-refractivity contribution < 1.29 is 13.2 Å². The predicted molar refractivity (Wildman–Crippen MR) is 123 cm³/mol. The molecule has 2 heterocycles. The summed E-state index contributed by atoms with van der Waals surface area (Å²) in [6.45, 7) is 0. The van der Waals surface area contributed by atoms with E-state index in [1.807, 2.05) is 18.2 Å². The minimum Gasteiger partial charge on any atom is -0.350 e. The molecular formula is C25H28N2O4S. The van der Waals surface area contributed by atoms with Crippen LogP contribution in [0.2, 0.25) is 0 Å². The molecule has 1 aromatic carbocycles. The Bertz CT molecular complexity index is 1220. The first-order chi connectivity index (χ1) is 15.4. The third kappa shape index (κ3) is 4.18. The van der Waals surface area contributed by atoms with E-state index in [0.717, 1.165) is 55.2 Å². The van der Waals surface area contributed by atoms with Crippen LogP contribution in [0.1, 0.15) is 74.1 Å². The van der Waals surface area contributed by atoms with Gasteiger partial charge in [-0.15, -0.1) is 0 Å². The van der Waals surface area contributed by atoms with Crippen molar-refractivity contribution in [3.05, 3.63) is 69.6 Å². The van der Waals surface area contributed by atoms with Crippen molar-refractivity contribution >= 4 is 21.3 Å².